The molecule has 2 saturated heterocycles. The highest BCUT2D eigenvalue weighted by molar-refractivity contribution is 8.00. The summed E-state index contributed by atoms with van der Waals surface area (Å²) in [4.78, 5) is 7.51. The van der Waals surface area contributed by atoms with Gasteiger partial charge in [-0.25, -0.2) is 0 Å². The van der Waals surface area contributed by atoms with E-state index in [2.05, 4.69) is 35.6 Å². The Labute approximate surface area is 152 Å². The minimum atomic E-state index is 0.255. The zero-order chi connectivity index (χ0) is 17.3. The molecule has 0 unspecified atom stereocenters. The Bertz CT molecular complexity index is 377. The Kier molecular flexibility index (Phi) is 8.70. The highest BCUT2D eigenvalue weighted by atomic mass is 32.2. The average Bonchev–Trinajstić information content (AvgIpc) is 2.62. The monoisotopic (exact) mass is 356 g/mol. The highest BCUT2D eigenvalue weighted by Crippen LogP contribution is 2.33. The number of aliphatic imine (C=N–C) groups is 1. The van der Waals surface area contributed by atoms with Crippen molar-refractivity contribution in [3.05, 3.63) is 0 Å². The summed E-state index contributed by atoms with van der Waals surface area (Å²) in [6, 6.07) is 0.552. The molecule has 0 aromatic heterocycles. The van der Waals surface area contributed by atoms with Crippen LogP contribution < -0.4 is 10.6 Å². The molecule has 2 N–H and O–H groups in total. The summed E-state index contributed by atoms with van der Waals surface area (Å²) in [5, 5.41) is 7.10. The van der Waals surface area contributed by atoms with Gasteiger partial charge in [-0.3, -0.25) is 4.99 Å². The molecule has 0 aromatic rings. The maximum atomic E-state index is 5.53. The molecule has 6 heteroatoms. The van der Waals surface area contributed by atoms with Gasteiger partial charge in [-0.1, -0.05) is 6.92 Å². The Balaban J connectivity index is 1.86. The standard InChI is InChI=1S/C18H36N4OS/c1-4-10-22-11-6-16(7-12-22)21-17(19-5-2)20-15-18(24-3)8-13-23-14-9-18/h16H,4-15H2,1-3H3,(H2,19,20,21). The molecule has 0 spiro atoms. The molecular weight excluding hydrogens is 320 g/mol. The van der Waals surface area contributed by atoms with Gasteiger partial charge in [0.25, 0.3) is 0 Å². The lowest BCUT2D eigenvalue weighted by Crippen LogP contribution is -2.49. The lowest BCUT2D eigenvalue weighted by atomic mass is 9.99. The summed E-state index contributed by atoms with van der Waals surface area (Å²) in [5.74, 6) is 0.992. The molecule has 140 valence electrons. The molecule has 24 heavy (non-hydrogen) atoms. The minimum absolute atomic E-state index is 0.255. The number of piperidine rings is 1. The third kappa shape index (κ3) is 6.12. The van der Waals surface area contributed by atoms with Gasteiger partial charge in [-0.05, 0) is 51.8 Å². The van der Waals surface area contributed by atoms with Gasteiger partial charge in [-0.2, -0.15) is 11.8 Å². The van der Waals surface area contributed by atoms with Gasteiger partial charge in [0, 0.05) is 43.6 Å². The van der Waals surface area contributed by atoms with Gasteiger partial charge >= 0.3 is 0 Å². The van der Waals surface area contributed by atoms with E-state index >= 15 is 0 Å². The van der Waals surface area contributed by atoms with Crippen LogP contribution in [0.4, 0.5) is 0 Å². The Morgan fingerprint density at radius 1 is 1.25 bits per heavy atom. The van der Waals surface area contributed by atoms with Crippen LogP contribution in [0.1, 0.15) is 46.0 Å². The molecule has 2 aliphatic heterocycles. The molecule has 0 radical (unpaired) electrons. The van der Waals surface area contributed by atoms with Crippen molar-refractivity contribution in [2.75, 3.05) is 52.2 Å². The predicted octanol–water partition coefficient (Wildman–Crippen LogP) is 2.33. The molecule has 2 aliphatic rings. The SMILES string of the molecule is CCCN1CCC(NC(=NCC2(SC)CCOCC2)NCC)CC1. The van der Waals surface area contributed by atoms with E-state index < -0.39 is 0 Å². The normalized spacial score (nSPS) is 23.2. The van der Waals surface area contributed by atoms with Gasteiger partial charge in [-0.15, -0.1) is 0 Å². The zero-order valence-corrected chi connectivity index (χ0v) is 16.6. The van der Waals surface area contributed by atoms with Crippen LogP contribution in [0.5, 0.6) is 0 Å². The van der Waals surface area contributed by atoms with Gasteiger partial charge < -0.3 is 20.3 Å². The molecule has 0 saturated carbocycles. The Morgan fingerprint density at radius 2 is 1.96 bits per heavy atom. The molecule has 5 nitrogen and oxygen atoms in total. The highest BCUT2D eigenvalue weighted by Gasteiger charge is 2.31. The molecule has 0 aliphatic carbocycles. The summed E-state index contributed by atoms with van der Waals surface area (Å²) in [6.45, 7) is 11.6. The van der Waals surface area contributed by atoms with Crippen molar-refractivity contribution in [1.82, 2.24) is 15.5 Å². The second-order valence-corrected chi connectivity index (χ2v) is 8.23. The first-order valence-electron chi connectivity index (χ1n) is 9.61. The Morgan fingerprint density at radius 3 is 2.54 bits per heavy atom. The van der Waals surface area contributed by atoms with Crippen molar-refractivity contribution < 1.29 is 4.74 Å². The van der Waals surface area contributed by atoms with Crippen molar-refractivity contribution in [1.29, 1.82) is 0 Å². The first kappa shape index (κ1) is 19.9. The van der Waals surface area contributed by atoms with Crippen LogP contribution in [0.2, 0.25) is 0 Å². The summed E-state index contributed by atoms with van der Waals surface area (Å²) in [6.07, 6.45) is 8.10. The van der Waals surface area contributed by atoms with Crippen LogP contribution in [0.15, 0.2) is 4.99 Å². The third-order valence-corrected chi connectivity index (χ3v) is 6.58. The quantitative estimate of drug-likeness (QED) is 0.542. The number of guanidine groups is 1. The van der Waals surface area contributed by atoms with Crippen LogP contribution in [-0.4, -0.2) is 73.8 Å². The lowest BCUT2D eigenvalue weighted by molar-refractivity contribution is 0.0794. The lowest BCUT2D eigenvalue weighted by Gasteiger charge is -2.35. The van der Waals surface area contributed by atoms with Crippen molar-refractivity contribution in [2.24, 2.45) is 4.99 Å². The molecule has 2 fully saturated rings. The molecule has 2 heterocycles. The van der Waals surface area contributed by atoms with Gasteiger partial charge in [0.05, 0.1) is 6.54 Å². The van der Waals surface area contributed by atoms with E-state index in [0.29, 0.717) is 6.04 Å². The van der Waals surface area contributed by atoms with Crippen molar-refractivity contribution in [3.63, 3.8) is 0 Å². The fraction of sp³-hybridized carbons (Fsp3) is 0.944. The maximum absolute atomic E-state index is 5.53. The largest absolute Gasteiger partial charge is 0.381 e. The number of ether oxygens (including phenoxy) is 1. The summed E-state index contributed by atoms with van der Waals surface area (Å²) >= 11 is 1.96. The van der Waals surface area contributed by atoms with E-state index in [1.165, 1.54) is 38.9 Å². The van der Waals surface area contributed by atoms with E-state index in [9.17, 15) is 0 Å². The summed E-state index contributed by atoms with van der Waals surface area (Å²) in [7, 11) is 0. The fourth-order valence-corrected chi connectivity index (χ4v) is 4.29. The van der Waals surface area contributed by atoms with Crippen LogP contribution in [-0.2, 0) is 4.74 Å². The fourth-order valence-electron chi connectivity index (χ4n) is 3.52. The maximum Gasteiger partial charge on any atom is 0.191 e. The number of hydrogen-bond acceptors (Lipinski definition) is 4. The van der Waals surface area contributed by atoms with Crippen molar-refractivity contribution in [3.8, 4) is 0 Å². The first-order chi connectivity index (χ1) is 11.7. The van der Waals surface area contributed by atoms with E-state index in [0.717, 1.165) is 45.1 Å². The number of likely N-dealkylation sites (tertiary alicyclic amines) is 1. The van der Waals surface area contributed by atoms with Gasteiger partial charge in [0.2, 0.25) is 0 Å². The van der Waals surface area contributed by atoms with E-state index in [4.69, 9.17) is 9.73 Å². The van der Waals surface area contributed by atoms with Crippen LogP contribution in [0.3, 0.4) is 0 Å². The second kappa shape index (κ2) is 10.5. The zero-order valence-electron chi connectivity index (χ0n) is 15.8. The second-order valence-electron chi connectivity index (χ2n) is 6.95. The predicted molar refractivity (Wildman–Crippen MR) is 105 cm³/mol. The molecule has 0 aromatic carbocycles. The molecule has 0 amide bonds. The third-order valence-electron chi connectivity index (χ3n) is 5.17. The van der Waals surface area contributed by atoms with Crippen LogP contribution in [0, 0.1) is 0 Å². The number of rotatable bonds is 7. The molecular formula is C18H36N4OS. The minimum Gasteiger partial charge on any atom is -0.381 e. The average molecular weight is 357 g/mol. The van der Waals surface area contributed by atoms with Crippen LogP contribution in [0.25, 0.3) is 0 Å². The van der Waals surface area contributed by atoms with E-state index in [-0.39, 0.29) is 4.75 Å². The van der Waals surface area contributed by atoms with Crippen molar-refractivity contribution in [2.45, 2.75) is 56.7 Å². The smallest absolute Gasteiger partial charge is 0.191 e. The number of hydrogen-bond donors (Lipinski definition) is 2. The molecule has 0 bridgehead atoms. The molecule has 2 rings (SSSR count). The topological polar surface area (TPSA) is 48.9 Å². The first-order valence-corrected chi connectivity index (χ1v) is 10.8. The summed E-state index contributed by atoms with van der Waals surface area (Å²) in [5.41, 5.74) is 0. The summed E-state index contributed by atoms with van der Waals surface area (Å²) < 4.78 is 5.79. The van der Waals surface area contributed by atoms with E-state index in [1.54, 1.807) is 0 Å². The number of nitrogens with zero attached hydrogens (tertiary/aromatic N) is 2. The number of thioether (sulfide) groups is 1. The molecule has 0 atom stereocenters. The number of nitrogens with one attached hydrogen (secondary N) is 2. The van der Waals surface area contributed by atoms with Crippen LogP contribution >= 0.6 is 11.8 Å². The Hall–Kier alpha value is -0.460. The van der Waals surface area contributed by atoms with Gasteiger partial charge in [0.15, 0.2) is 5.96 Å². The van der Waals surface area contributed by atoms with Crippen molar-refractivity contribution >= 4 is 17.7 Å². The van der Waals surface area contributed by atoms with Gasteiger partial charge in [0.1, 0.15) is 0 Å². The van der Waals surface area contributed by atoms with E-state index in [1.807, 2.05) is 11.8 Å².